The molecule has 50 heavy (non-hydrogen) atoms. The second-order valence-corrected chi connectivity index (χ2v) is 13.1. The molecule has 0 saturated carbocycles. The first-order valence-electron chi connectivity index (χ1n) is 19.2. The first kappa shape index (κ1) is 49.1. The normalized spacial score (nSPS) is 15.4. The van der Waals surface area contributed by atoms with Crippen LogP contribution < -0.4 is 21.7 Å². The number of unbranched alkanes of at least 4 members (excludes halogenated alkanes) is 1. The SMILES string of the molecule is C=C(C)/C=C\c1c(C)ccc(C#N)c1C.CC.CCCCC1CN(c2ccc(CN(CNCCC)CC(C)CC)c(C)n2)CC1C.CN.CN. The highest BCUT2D eigenvalue weighted by Crippen LogP contribution is 2.31. The van der Waals surface area contributed by atoms with Crippen LogP contribution in [0.15, 0.2) is 42.5 Å². The predicted molar refractivity (Wildman–Crippen MR) is 222 cm³/mol. The van der Waals surface area contributed by atoms with E-state index in [1.165, 1.54) is 75.4 Å². The number of anilines is 1. The fourth-order valence-corrected chi connectivity index (χ4v) is 5.86. The summed E-state index contributed by atoms with van der Waals surface area (Å²) in [5.74, 6) is 3.50. The lowest BCUT2D eigenvalue weighted by Crippen LogP contribution is -2.37. The van der Waals surface area contributed by atoms with Crippen LogP contribution in [0.25, 0.3) is 6.08 Å². The molecule has 0 bridgehead atoms. The average molecular weight is 692 g/mol. The Morgan fingerprint density at radius 3 is 2.28 bits per heavy atom. The number of rotatable bonds is 15. The lowest BCUT2D eigenvalue weighted by molar-refractivity contribution is 0.210. The highest BCUT2D eigenvalue weighted by molar-refractivity contribution is 5.63. The van der Waals surface area contributed by atoms with Gasteiger partial charge in [-0.25, -0.2) is 4.98 Å². The second kappa shape index (κ2) is 29.7. The summed E-state index contributed by atoms with van der Waals surface area (Å²) < 4.78 is 0. The van der Waals surface area contributed by atoms with Crippen LogP contribution in [0.1, 0.15) is 121 Å². The van der Waals surface area contributed by atoms with E-state index < -0.39 is 0 Å². The molecular formula is C43H77N7. The molecule has 0 radical (unpaired) electrons. The summed E-state index contributed by atoms with van der Waals surface area (Å²) in [6.07, 6.45) is 10.4. The van der Waals surface area contributed by atoms with Crippen LogP contribution in [0.3, 0.4) is 0 Å². The highest BCUT2D eigenvalue weighted by Gasteiger charge is 2.30. The summed E-state index contributed by atoms with van der Waals surface area (Å²) >= 11 is 0. The maximum atomic E-state index is 8.92. The summed E-state index contributed by atoms with van der Waals surface area (Å²) in [6.45, 7) is 34.1. The molecule has 1 fully saturated rings. The van der Waals surface area contributed by atoms with Gasteiger partial charge in [-0.2, -0.15) is 5.26 Å². The van der Waals surface area contributed by atoms with Gasteiger partial charge in [0.15, 0.2) is 0 Å². The Kier molecular flexibility index (Phi) is 29.1. The third kappa shape index (κ3) is 18.3. The number of nitrogens with zero attached hydrogens (tertiary/aromatic N) is 4. The van der Waals surface area contributed by atoms with E-state index in [2.05, 4.69) is 92.9 Å². The largest absolute Gasteiger partial charge is 0.356 e. The highest BCUT2D eigenvalue weighted by atomic mass is 15.2. The molecule has 284 valence electrons. The summed E-state index contributed by atoms with van der Waals surface area (Å²) in [5, 5.41) is 12.5. The smallest absolute Gasteiger partial charge is 0.128 e. The number of hydrogen-bond acceptors (Lipinski definition) is 7. The minimum atomic E-state index is 0.720. The first-order chi connectivity index (χ1) is 24.0. The topological polar surface area (TPSA) is 107 Å². The average Bonchev–Trinajstić information content (AvgIpc) is 3.50. The predicted octanol–water partition coefficient (Wildman–Crippen LogP) is 9.40. The van der Waals surface area contributed by atoms with E-state index in [0.29, 0.717) is 0 Å². The monoisotopic (exact) mass is 692 g/mol. The van der Waals surface area contributed by atoms with Crippen molar-refractivity contribution in [3.63, 3.8) is 0 Å². The maximum Gasteiger partial charge on any atom is 0.128 e. The zero-order valence-corrected chi connectivity index (χ0v) is 34.6. The number of nitrogens with one attached hydrogen (secondary N) is 1. The maximum absolute atomic E-state index is 8.92. The van der Waals surface area contributed by atoms with Gasteiger partial charge >= 0.3 is 0 Å². The van der Waals surface area contributed by atoms with E-state index in [4.69, 9.17) is 10.2 Å². The Morgan fingerprint density at radius 1 is 1.08 bits per heavy atom. The van der Waals surface area contributed by atoms with Crippen molar-refractivity contribution in [1.29, 1.82) is 5.26 Å². The molecule has 7 heteroatoms. The Morgan fingerprint density at radius 2 is 1.74 bits per heavy atom. The first-order valence-corrected chi connectivity index (χ1v) is 19.2. The summed E-state index contributed by atoms with van der Waals surface area (Å²) in [4.78, 5) is 10.1. The van der Waals surface area contributed by atoms with E-state index >= 15 is 0 Å². The molecule has 1 aliphatic rings. The molecular weight excluding hydrogens is 615 g/mol. The third-order valence-corrected chi connectivity index (χ3v) is 9.01. The fraction of sp³-hybridized carbons (Fsp3) is 0.628. The summed E-state index contributed by atoms with van der Waals surface area (Å²) in [6, 6.07) is 10.6. The summed E-state index contributed by atoms with van der Waals surface area (Å²) in [5.41, 5.74) is 16.6. The molecule has 0 amide bonds. The number of benzene rings is 1. The lowest BCUT2D eigenvalue weighted by Gasteiger charge is -2.27. The van der Waals surface area contributed by atoms with Crippen LogP contribution in [-0.2, 0) is 6.54 Å². The molecule has 5 N–H and O–H groups in total. The molecule has 3 unspecified atom stereocenters. The molecule has 1 aromatic carbocycles. The van der Waals surface area contributed by atoms with E-state index in [1.54, 1.807) is 0 Å². The molecule has 3 atom stereocenters. The number of nitrogens with two attached hydrogens (primary N) is 2. The number of hydrogen-bond donors (Lipinski definition) is 3. The molecule has 1 aromatic heterocycles. The van der Waals surface area contributed by atoms with Crippen molar-refractivity contribution in [2.75, 3.05) is 51.8 Å². The van der Waals surface area contributed by atoms with Gasteiger partial charge in [-0.3, -0.25) is 4.90 Å². The van der Waals surface area contributed by atoms with E-state index in [0.717, 1.165) is 72.9 Å². The Labute approximate surface area is 309 Å². The van der Waals surface area contributed by atoms with Crippen molar-refractivity contribution < 1.29 is 0 Å². The third-order valence-electron chi connectivity index (χ3n) is 9.01. The Bertz CT molecular complexity index is 1250. The second-order valence-electron chi connectivity index (χ2n) is 13.1. The van der Waals surface area contributed by atoms with Gasteiger partial charge in [0.25, 0.3) is 0 Å². The van der Waals surface area contributed by atoms with Crippen LogP contribution >= 0.6 is 0 Å². The van der Waals surface area contributed by atoms with Crippen LogP contribution in [0, 0.1) is 49.9 Å². The van der Waals surface area contributed by atoms with Crippen molar-refractivity contribution in [3.05, 3.63) is 76.0 Å². The van der Waals surface area contributed by atoms with E-state index in [9.17, 15) is 0 Å². The molecule has 3 rings (SSSR count). The lowest BCUT2D eigenvalue weighted by atomic mass is 9.93. The Balaban J connectivity index is 0. The van der Waals surface area contributed by atoms with Crippen molar-refractivity contribution in [2.45, 2.75) is 115 Å². The van der Waals surface area contributed by atoms with Gasteiger partial charge in [0.05, 0.1) is 11.6 Å². The van der Waals surface area contributed by atoms with Crippen LogP contribution in [0.5, 0.6) is 0 Å². The van der Waals surface area contributed by atoms with Gasteiger partial charge in [-0.1, -0.05) is 104 Å². The van der Waals surface area contributed by atoms with Crippen LogP contribution in [-0.4, -0.2) is 56.8 Å². The molecule has 7 nitrogen and oxygen atoms in total. The summed E-state index contributed by atoms with van der Waals surface area (Å²) in [7, 11) is 3.00. The van der Waals surface area contributed by atoms with Gasteiger partial charge in [0, 0.05) is 38.5 Å². The molecule has 2 heterocycles. The van der Waals surface area contributed by atoms with Crippen LogP contribution in [0.2, 0.25) is 0 Å². The number of pyridine rings is 1. The van der Waals surface area contributed by atoms with Crippen molar-refractivity contribution in [1.82, 2.24) is 15.2 Å². The van der Waals surface area contributed by atoms with Gasteiger partial charge in [-0.05, 0) is 113 Å². The van der Waals surface area contributed by atoms with Crippen molar-refractivity contribution in [3.8, 4) is 6.07 Å². The van der Waals surface area contributed by atoms with Crippen molar-refractivity contribution >= 4 is 11.9 Å². The zero-order valence-electron chi connectivity index (χ0n) is 34.6. The van der Waals surface area contributed by atoms with E-state index in [-0.39, 0.29) is 0 Å². The minimum absolute atomic E-state index is 0.720. The molecule has 1 saturated heterocycles. The van der Waals surface area contributed by atoms with Gasteiger partial charge in [-0.15, -0.1) is 0 Å². The number of aromatic nitrogens is 1. The van der Waals surface area contributed by atoms with Crippen LogP contribution in [0.4, 0.5) is 5.82 Å². The van der Waals surface area contributed by atoms with E-state index in [1.807, 2.05) is 58.9 Å². The molecule has 0 aliphatic carbocycles. The van der Waals surface area contributed by atoms with Crippen molar-refractivity contribution in [2.24, 2.45) is 29.2 Å². The molecule has 2 aromatic rings. The fourth-order valence-electron chi connectivity index (χ4n) is 5.86. The number of nitriles is 1. The van der Waals surface area contributed by atoms with Gasteiger partial charge < -0.3 is 21.7 Å². The standard InChI is InChI=1S/C25H46N4.C14H15N.C2H6.2CH5N/c1-7-10-11-23-18-29(16-21(23)5)25-13-12-24(22(6)27-25)17-28(15-20(4)9-3)19-26-14-8-2;1-10(2)5-8-14-11(3)6-7-13(9-15)12(14)4;3*1-2/h12-13,20-21,23,26H,7-11,14-19H2,1-6H3;5-8H,1H2,2-4H3;1-2H3;2*2H2,1H3/b;8-5-;;;. The number of allylic oxidation sites excluding steroid dienone is 2. The number of aryl methyl sites for hydroxylation is 2. The van der Waals surface area contributed by atoms with Gasteiger partial charge in [0.1, 0.15) is 5.82 Å². The molecule has 1 aliphatic heterocycles. The van der Waals surface area contributed by atoms with Gasteiger partial charge in [0.2, 0.25) is 0 Å². The molecule has 0 spiro atoms. The Hall–Kier alpha value is -3.02. The quantitative estimate of drug-likeness (QED) is 0.0971. The minimum Gasteiger partial charge on any atom is -0.356 e. The zero-order chi connectivity index (χ0) is 38.6.